The fourth-order valence-corrected chi connectivity index (χ4v) is 19.5. The summed E-state index contributed by atoms with van der Waals surface area (Å²) in [5.41, 5.74) is 31.6. The summed E-state index contributed by atoms with van der Waals surface area (Å²) >= 11 is 0. The molecule has 14 heteroatoms. The van der Waals surface area contributed by atoms with Gasteiger partial charge in [-0.25, -0.2) is 24.9 Å². The molecule has 0 saturated carbocycles. The first-order valence-corrected chi connectivity index (χ1v) is 54.3. The van der Waals surface area contributed by atoms with Crippen molar-refractivity contribution in [2.75, 3.05) is 31.1 Å². The molecule has 0 atom stereocenters. The third-order valence-corrected chi connectivity index (χ3v) is 27.7. The summed E-state index contributed by atoms with van der Waals surface area (Å²) in [6.45, 7) is 43.4. The van der Waals surface area contributed by atoms with Crippen molar-refractivity contribution in [1.29, 1.82) is 0 Å². The molecule has 5 N–H and O–H groups in total. The highest BCUT2D eigenvalue weighted by atomic mass is 15.2. The molecule has 6 aromatic heterocycles. The van der Waals surface area contributed by atoms with E-state index in [1.54, 1.807) is 0 Å². The second kappa shape index (κ2) is 57.6. The van der Waals surface area contributed by atoms with Crippen molar-refractivity contribution in [3.8, 4) is 0 Å². The number of aromatic nitrogens is 9. The zero-order valence-corrected chi connectivity index (χ0v) is 87.1. The smallest absolute Gasteiger partial charge is 0.152 e. The van der Waals surface area contributed by atoms with Crippen molar-refractivity contribution < 1.29 is 0 Å². The van der Waals surface area contributed by atoms with E-state index in [2.05, 4.69) is 264 Å². The minimum absolute atomic E-state index is 0.145. The molecular formula is C120H182N14. The number of unbranched alkanes of at least 4 members (excludes halogenated alkanes) is 35. The highest BCUT2D eigenvalue weighted by molar-refractivity contribution is 6.08. The maximum absolute atomic E-state index is 6.43. The number of anilines is 2. The maximum atomic E-state index is 6.43. The first-order valence-electron chi connectivity index (χ1n) is 54.3. The molecule has 732 valence electrons. The molecule has 0 saturated heterocycles. The van der Waals surface area contributed by atoms with Crippen LogP contribution < -0.4 is 16.8 Å². The van der Waals surface area contributed by atoms with Gasteiger partial charge in [0.2, 0.25) is 0 Å². The highest BCUT2D eigenvalue weighted by Gasteiger charge is 2.27. The summed E-state index contributed by atoms with van der Waals surface area (Å²) in [4.78, 5) is 35.1. The molecule has 0 bridgehead atoms. The summed E-state index contributed by atoms with van der Waals surface area (Å²) in [5, 5.41) is 7.12. The van der Waals surface area contributed by atoms with Crippen LogP contribution in [-0.2, 0) is 65.0 Å². The molecule has 134 heavy (non-hydrogen) atoms. The Bertz CT molecular complexity index is 5300. The molecule has 6 heterocycles. The molecule has 0 aliphatic heterocycles. The number of nitrogens with one attached hydrogen (secondary N) is 1. The molecule has 12 aromatic rings. The van der Waals surface area contributed by atoms with Gasteiger partial charge in [-0.3, -0.25) is 14.8 Å². The van der Waals surface area contributed by atoms with E-state index in [0.29, 0.717) is 11.6 Å². The lowest BCUT2D eigenvalue weighted by Crippen LogP contribution is -2.41. The Kier molecular flexibility index (Phi) is 46.2. The first-order chi connectivity index (χ1) is 65.0. The summed E-state index contributed by atoms with van der Waals surface area (Å²) < 4.78 is 7.26. The number of pyridine rings is 3. The lowest BCUT2D eigenvalue weighted by Gasteiger charge is -2.36. The van der Waals surface area contributed by atoms with E-state index in [-0.39, 0.29) is 16.5 Å². The number of hydrogen-bond donors (Lipinski definition) is 3. The average molecular weight is 1820 g/mol. The Labute approximate surface area is 812 Å². The van der Waals surface area contributed by atoms with E-state index >= 15 is 0 Å². The van der Waals surface area contributed by atoms with Crippen molar-refractivity contribution >= 4 is 77.4 Å². The molecule has 0 spiro atoms. The predicted molar refractivity (Wildman–Crippen MR) is 580 cm³/mol. The number of hydrogen-bond acceptors (Lipinski definition) is 11. The van der Waals surface area contributed by atoms with Gasteiger partial charge in [0.1, 0.15) is 34.0 Å². The van der Waals surface area contributed by atoms with E-state index in [9.17, 15) is 0 Å². The van der Waals surface area contributed by atoms with Crippen LogP contribution in [0.3, 0.4) is 0 Å². The molecule has 0 aliphatic rings. The molecule has 6 aromatic carbocycles. The van der Waals surface area contributed by atoms with Crippen LogP contribution in [0.1, 0.15) is 424 Å². The van der Waals surface area contributed by atoms with Gasteiger partial charge in [-0.05, 0) is 163 Å². The summed E-state index contributed by atoms with van der Waals surface area (Å²) in [7, 11) is 0. The Morgan fingerprint density at radius 3 is 0.866 bits per heavy atom. The van der Waals surface area contributed by atoms with Crippen molar-refractivity contribution in [2.24, 2.45) is 5.41 Å². The molecule has 0 radical (unpaired) electrons. The van der Waals surface area contributed by atoms with Gasteiger partial charge >= 0.3 is 0 Å². The Hall–Kier alpha value is -8.56. The number of nitrogens with zero attached hydrogens (tertiary/aromatic N) is 11. The van der Waals surface area contributed by atoms with Gasteiger partial charge in [-0.2, -0.15) is 0 Å². The van der Waals surface area contributed by atoms with Gasteiger partial charge in [-0.1, -0.05) is 414 Å². The molecule has 0 unspecified atom stereocenters. The molecule has 0 fully saturated rings. The topological polar surface area (TPSA) is 163 Å². The van der Waals surface area contributed by atoms with E-state index in [4.69, 9.17) is 31.4 Å². The number of benzene rings is 6. The third-order valence-electron chi connectivity index (χ3n) is 27.7. The summed E-state index contributed by atoms with van der Waals surface area (Å²) in [6.07, 6.45) is 59.4. The number of aryl methyl sites for hydroxylation is 3. The van der Waals surface area contributed by atoms with Crippen LogP contribution in [0, 0.1) is 5.41 Å². The van der Waals surface area contributed by atoms with Crippen LogP contribution >= 0.6 is 0 Å². The molecule has 0 amide bonds. The second-order valence-corrected chi connectivity index (χ2v) is 42.7. The fraction of sp³-hybridized carbons (Fsp3) is 0.600. The number of nitrogen functional groups attached to an aromatic ring is 2. The van der Waals surface area contributed by atoms with Crippen molar-refractivity contribution in [1.82, 2.24) is 58.7 Å². The molecular weight excluding hydrogens is 1640 g/mol. The van der Waals surface area contributed by atoms with Gasteiger partial charge in [0.15, 0.2) is 11.6 Å². The van der Waals surface area contributed by atoms with Crippen molar-refractivity contribution in [2.45, 2.75) is 443 Å². The third kappa shape index (κ3) is 34.8. The monoisotopic (exact) mass is 1820 g/mol. The van der Waals surface area contributed by atoms with E-state index in [1.807, 2.05) is 24.3 Å². The van der Waals surface area contributed by atoms with Gasteiger partial charge in [0, 0.05) is 85.8 Å². The normalized spacial score (nSPS) is 12.2. The minimum Gasteiger partial charge on any atom is -0.382 e. The van der Waals surface area contributed by atoms with Crippen LogP contribution in [0.15, 0.2) is 146 Å². The number of fused-ring (bicyclic) bond motifs is 9. The SMILES string of the molecule is CCCCCCCCCCCCCCN(Cc1ccc(Cn2c(CCCC)nc3c(N)nc4ccccc4c32)cc1)C(C)(C)C.CCCCCCCCCCCCCCNCc1ccc(Cn2c(CCCC)nc3c(CC(C)(C)C)nc4ccccc4c32)cc1.CCCCCCCCCCCCCN(Cc1ccc(Cn2c(CCCC)nc3c(N)nc4ccccc4c32)cc1)C(C)(C)C. The maximum Gasteiger partial charge on any atom is 0.152 e. The molecule has 12 rings (SSSR count). The van der Waals surface area contributed by atoms with Gasteiger partial charge in [-0.15, -0.1) is 0 Å². The zero-order valence-electron chi connectivity index (χ0n) is 87.1. The molecule has 14 nitrogen and oxygen atoms in total. The highest BCUT2D eigenvalue weighted by Crippen LogP contribution is 2.37. The van der Waals surface area contributed by atoms with Crippen LogP contribution in [-0.4, -0.2) is 84.1 Å². The van der Waals surface area contributed by atoms with Gasteiger partial charge < -0.3 is 30.5 Å². The van der Waals surface area contributed by atoms with E-state index in [0.717, 1.165) is 195 Å². The van der Waals surface area contributed by atoms with E-state index in [1.165, 1.54) is 275 Å². The summed E-state index contributed by atoms with van der Waals surface area (Å²) in [5.74, 6) is 4.42. The van der Waals surface area contributed by atoms with E-state index < -0.39 is 0 Å². The standard InChI is InChI=1S/C41H62N4.C40H61N5.C39H59N5/c1-6-8-10-11-12-13-14-15-16-17-18-21-29-42-31-33-25-27-34(28-26-33)32-45-38(24-9-7-2)44-39-37(30-41(3,4)5)43-36-23-20-19-22-35(36)40(39)45;1-6-8-10-11-12-13-14-15-16-17-18-21-29-44(40(3,4)5)30-32-25-27-33(28-26-32)31-45-36(24-9-7-2)43-37-38(45)34-22-19-20-23-35(34)42-39(37)41;1-6-8-10-11-12-13-14-15-16-17-20-28-43(39(3,4)5)29-31-24-26-32(27-25-31)30-44-35(23-9-7-2)42-36-37(44)33-21-18-19-22-34(33)41-38(36)40/h19-20,22-23,25-28,42H,6-18,21,24,29-32H2,1-5H3;19-20,22-23,25-28H,6-18,21,24,29-31H2,1-5H3,(H2,41,42);18-19,21-22,24-27H,6-17,20,23,28-30H2,1-5H3,(H2,40,41). The second-order valence-electron chi connectivity index (χ2n) is 42.7. The first kappa shape index (κ1) is 107. The fourth-order valence-electron chi connectivity index (χ4n) is 19.5. The Balaban J connectivity index is 0.000000208. The Morgan fingerprint density at radius 2 is 0.552 bits per heavy atom. The van der Waals surface area contributed by atoms with Crippen LogP contribution in [0.5, 0.6) is 0 Å². The minimum atomic E-state index is 0.145. The van der Waals surface area contributed by atoms with Crippen molar-refractivity contribution in [3.63, 3.8) is 0 Å². The quantitative estimate of drug-likeness (QED) is 0.0311. The summed E-state index contributed by atoms with van der Waals surface area (Å²) in [6, 6.07) is 53.0. The van der Waals surface area contributed by atoms with Crippen molar-refractivity contribution in [3.05, 3.63) is 202 Å². The average Bonchev–Trinajstić information content (AvgIpc) is 1.61. The van der Waals surface area contributed by atoms with Crippen LogP contribution in [0.25, 0.3) is 65.8 Å². The number of rotatable bonds is 60. The van der Waals surface area contributed by atoms with Gasteiger partial charge in [0.05, 0.1) is 38.8 Å². The van der Waals surface area contributed by atoms with Crippen LogP contribution in [0.2, 0.25) is 0 Å². The molecule has 0 aliphatic carbocycles. The lowest BCUT2D eigenvalue weighted by atomic mass is 9.89. The lowest BCUT2D eigenvalue weighted by molar-refractivity contribution is 0.124. The van der Waals surface area contributed by atoms with Crippen LogP contribution in [0.4, 0.5) is 11.6 Å². The largest absolute Gasteiger partial charge is 0.382 e. The Morgan fingerprint density at radius 1 is 0.284 bits per heavy atom. The number of nitrogens with two attached hydrogens (primary N) is 2. The van der Waals surface area contributed by atoms with Gasteiger partial charge in [0.25, 0.3) is 0 Å². The zero-order chi connectivity index (χ0) is 95.3. The predicted octanol–water partition coefficient (Wildman–Crippen LogP) is 32.7. The number of imidazole rings is 3. The number of para-hydroxylation sites is 3.